The molecule has 108 valence electrons. The van der Waals surface area contributed by atoms with Crippen LogP contribution in [0.4, 0.5) is 0 Å². The molecule has 0 bridgehead atoms. The molecule has 0 unspecified atom stereocenters. The highest BCUT2D eigenvalue weighted by Crippen LogP contribution is 2.29. The Hall–Kier alpha value is -1.55. The summed E-state index contributed by atoms with van der Waals surface area (Å²) in [6, 6.07) is 1.97. The Bertz CT molecular complexity index is 626. The standard InChI is InChI=1S/C14H16ClN3O.CH4/c1-9-7-10(2)14(17(19)8-9)18-13(15)11-5-3-4-6-12(11)16-18;/h7-8H,3-6H2,1-2H3;1H4. The molecule has 0 fully saturated rings. The number of rotatable bonds is 1. The second-order valence-electron chi connectivity index (χ2n) is 5.18. The molecule has 0 aromatic carbocycles. The number of halogens is 1. The summed E-state index contributed by atoms with van der Waals surface area (Å²) in [6.45, 7) is 3.81. The Morgan fingerprint density at radius 1 is 1.30 bits per heavy atom. The van der Waals surface area contributed by atoms with Crippen molar-refractivity contribution in [3.8, 4) is 5.82 Å². The highest BCUT2D eigenvalue weighted by Gasteiger charge is 2.27. The molecule has 5 heteroatoms. The molecule has 4 nitrogen and oxygen atoms in total. The summed E-state index contributed by atoms with van der Waals surface area (Å²) in [5.41, 5.74) is 3.96. The van der Waals surface area contributed by atoms with Crippen molar-refractivity contribution in [2.75, 3.05) is 0 Å². The van der Waals surface area contributed by atoms with Gasteiger partial charge < -0.3 is 5.21 Å². The zero-order valence-corrected chi connectivity index (χ0v) is 11.9. The quantitative estimate of drug-likeness (QED) is 0.598. The van der Waals surface area contributed by atoms with Crippen molar-refractivity contribution in [1.29, 1.82) is 0 Å². The molecular formula is C15H20ClN3O. The van der Waals surface area contributed by atoms with E-state index in [0.29, 0.717) is 11.0 Å². The van der Waals surface area contributed by atoms with E-state index in [2.05, 4.69) is 5.10 Å². The number of aryl methyl sites for hydroxylation is 3. The highest BCUT2D eigenvalue weighted by atomic mass is 35.5. The average Bonchev–Trinajstić information content (AvgIpc) is 2.66. The lowest BCUT2D eigenvalue weighted by atomic mass is 9.99. The van der Waals surface area contributed by atoms with E-state index in [9.17, 15) is 5.21 Å². The lowest BCUT2D eigenvalue weighted by Crippen LogP contribution is -2.34. The van der Waals surface area contributed by atoms with E-state index in [1.807, 2.05) is 19.9 Å². The summed E-state index contributed by atoms with van der Waals surface area (Å²) in [6.07, 6.45) is 5.75. The minimum atomic E-state index is 0. The van der Waals surface area contributed by atoms with Crippen molar-refractivity contribution in [1.82, 2.24) is 9.78 Å². The van der Waals surface area contributed by atoms with Gasteiger partial charge in [0, 0.05) is 11.1 Å². The van der Waals surface area contributed by atoms with Gasteiger partial charge in [0.1, 0.15) is 0 Å². The van der Waals surface area contributed by atoms with E-state index in [0.717, 1.165) is 52.8 Å². The third kappa shape index (κ3) is 2.29. The maximum atomic E-state index is 12.1. The average molecular weight is 294 g/mol. The van der Waals surface area contributed by atoms with E-state index in [4.69, 9.17) is 11.6 Å². The molecule has 0 N–H and O–H groups in total. The third-order valence-corrected chi connectivity index (χ3v) is 4.01. The summed E-state index contributed by atoms with van der Waals surface area (Å²) in [4.78, 5) is 0. The van der Waals surface area contributed by atoms with Gasteiger partial charge in [-0.3, -0.25) is 0 Å². The van der Waals surface area contributed by atoms with Gasteiger partial charge in [0.05, 0.1) is 11.9 Å². The summed E-state index contributed by atoms with van der Waals surface area (Å²) in [5.74, 6) is 0.505. The number of hydrogen-bond donors (Lipinski definition) is 0. The molecule has 0 saturated heterocycles. The summed E-state index contributed by atoms with van der Waals surface area (Å²) < 4.78 is 2.45. The molecule has 0 amide bonds. The van der Waals surface area contributed by atoms with Gasteiger partial charge in [-0.25, -0.2) is 4.73 Å². The molecule has 0 atom stereocenters. The molecule has 1 aliphatic carbocycles. The van der Waals surface area contributed by atoms with Gasteiger partial charge in [0.15, 0.2) is 0 Å². The predicted molar refractivity (Wildman–Crippen MR) is 80.4 cm³/mol. The van der Waals surface area contributed by atoms with Gasteiger partial charge in [-0.15, -0.1) is 0 Å². The Kier molecular flexibility index (Phi) is 4.04. The van der Waals surface area contributed by atoms with E-state index in [1.54, 1.807) is 10.9 Å². The van der Waals surface area contributed by atoms with Gasteiger partial charge in [-0.05, 0) is 62.8 Å². The lowest BCUT2D eigenvalue weighted by Gasteiger charge is -2.10. The first-order valence-electron chi connectivity index (χ1n) is 6.55. The van der Waals surface area contributed by atoms with Crippen molar-refractivity contribution in [3.63, 3.8) is 0 Å². The van der Waals surface area contributed by atoms with Crippen LogP contribution in [0.25, 0.3) is 5.82 Å². The Balaban J connectivity index is 0.00000147. The number of pyridine rings is 1. The summed E-state index contributed by atoms with van der Waals surface area (Å²) in [5, 5.41) is 17.2. The van der Waals surface area contributed by atoms with Crippen LogP contribution < -0.4 is 4.73 Å². The van der Waals surface area contributed by atoms with Crippen LogP contribution in [0.1, 0.15) is 42.7 Å². The highest BCUT2D eigenvalue weighted by molar-refractivity contribution is 6.30. The Morgan fingerprint density at radius 2 is 2.00 bits per heavy atom. The zero-order chi connectivity index (χ0) is 13.6. The fourth-order valence-electron chi connectivity index (χ4n) is 2.78. The normalized spacial score (nSPS) is 13.8. The van der Waals surface area contributed by atoms with Crippen molar-refractivity contribution >= 4 is 11.6 Å². The summed E-state index contributed by atoms with van der Waals surface area (Å²) >= 11 is 6.41. The molecule has 2 aromatic rings. The van der Waals surface area contributed by atoms with Crippen molar-refractivity contribution in [2.24, 2.45) is 0 Å². The molecule has 0 aliphatic heterocycles. The molecule has 3 rings (SSSR count). The number of hydrogen-bond acceptors (Lipinski definition) is 2. The maximum absolute atomic E-state index is 12.1. The Morgan fingerprint density at radius 3 is 2.65 bits per heavy atom. The monoisotopic (exact) mass is 293 g/mol. The number of aromatic nitrogens is 3. The first-order valence-corrected chi connectivity index (χ1v) is 6.93. The maximum Gasteiger partial charge on any atom is 0.314 e. The van der Waals surface area contributed by atoms with Crippen LogP contribution in [-0.4, -0.2) is 9.78 Å². The van der Waals surface area contributed by atoms with E-state index < -0.39 is 0 Å². The molecule has 0 saturated carbocycles. The summed E-state index contributed by atoms with van der Waals surface area (Å²) in [7, 11) is 0. The largest absolute Gasteiger partial charge is 0.711 e. The van der Waals surface area contributed by atoms with Crippen LogP contribution in [0.15, 0.2) is 12.3 Å². The molecule has 2 heterocycles. The molecular weight excluding hydrogens is 274 g/mol. The van der Waals surface area contributed by atoms with Gasteiger partial charge >= 0.3 is 5.82 Å². The van der Waals surface area contributed by atoms with E-state index in [-0.39, 0.29) is 7.43 Å². The second kappa shape index (κ2) is 5.44. The molecule has 0 radical (unpaired) electrons. The third-order valence-electron chi connectivity index (χ3n) is 3.62. The van der Waals surface area contributed by atoms with Crippen molar-refractivity contribution < 1.29 is 4.73 Å². The Labute approximate surface area is 124 Å². The fraction of sp³-hybridized carbons (Fsp3) is 0.467. The minimum Gasteiger partial charge on any atom is -0.711 e. The topological polar surface area (TPSA) is 44.8 Å². The van der Waals surface area contributed by atoms with Crippen LogP contribution in [0, 0.1) is 19.1 Å². The SMILES string of the molecule is C.Cc1cc(C)c(-n2nc3c(c2Cl)CCCC3)[n+]([O-])c1. The first-order chi connectivity index (χ1) is 9.08. The zero-order valence-electron chi connectivity index (χ0n) is 11.1. The van der Waals surface area contributed by atoms with E-state index in [1.165, 1.54) is 0 Å². The second-order valence-corrected chi connectivity index (χ2v) is 5.54. The molecule has 20 heavy (non-hydrogen) atoms. The van der Waals surface area contributed by atoms with Gasteiger partial charge in [0.25, 0.3) is 0 Å². The smallest absolute Gasteiger partial charge is 0.314 e. The van der Waals surface area contributed by atoms with Crippen molar-refractivity contribution in [2.45, 2.75) is 47.0 Å². The van der Waals surface area contributed by atoms with Crippen LogP contribution >= 0.6 is 11.6 Å². The van der Waals surface area contributed by atoms with Gasteiger partial charge in [-0.2, -0.15) is 0 Å². The van der Waals surface area contributed by atoms with Gasteiger partial charge in [0.2, 0.25) is 5.15 Å². The van der Waals surface area contributed by atoms with Crippen LogP contribution in [0.3, 0.4) is 0 Å². The number of nitrogens with zero attached hydrogens (tertiary/aromatic N) is 3. The predicted octanol–water partition coefficient (Wildman–Crippen LogP) is 3.29. The fourth-order valence-corrected chi connectivity index (χ4v) is 3.10. The van der Waals surface area contributed by atoms with Gasteiger partial charge in [-0.1, -0.05) is 17.2 Å². The van der Waals surface area contributed by atoms with E-state index >= 15 is 0 Å². The molecule has 0 spiro atoms. The first kappa shape index (κ1) is 14.9. The van der Waals surface area contributed by atoms with Crippen molar-refractivity contribution in [3.05, 3.63) is 45.0 Å². The number of fused-ring (bicyclic) bond motifs is 1. The van der Waals surface area contributed by atoms with Crippen LogP contribution in [-0.2, 0) is 12.8 Å². The molecule has 1 aliphatic rings. The van der Waals surface area contributed by atoms with Crippen LogP contribution in [0.2, 0.25) is 5.15 Å². The van der Waals surface area contributed by atoms with Crippen LogP contribution in [0.5, 0.6) is 0 Å². The minimum absolute atomic E-state index is 0. The lowest BCUT2D eigenvalue weighted by molar-refractivity contribution is -0.600. The molecule has 2 aromatic heterocycles.